The molecule has 2 aromatic carbocycles. The second kappa shape index (κ2) is 5.25. The Morgan fingerprint density at radius 1 is 1.10 bits per heavy atom. The first-order chi connectivity index (χ1) is 9.36. The van der Waals surface area contributed by atoms with E-state index in [1.54, 1.807) is 19.1 Å². The summed E-state index contributed by atoms with van der Waals surface area (Å²) in [6.07, 6.45) is 0. The van der Waals surface area contributed by atoms with Gasteiger partial charge < -0.3 is 9.84 Å². The van der Waals surface area contributed by atoms with Gasteiger partial charge in [0.1, 0.15) is 5.60 Å². The van der Waals surface area contributed by atoms with Crippen LogP contribution < -0.4 is 4.74 Å². The average molecular weight is 274 g/mol. The Balaban J connectivity index is 2.60. The number of benzene rings is 2. The van der Waals surface area contributed by atoms with E-state index in [4.69, 9.17) is 4.74 Å². The third kappa shape index (κ3) is 2.54. The summed E-state index contributed by atoms with van der Waals surface area (Å²) in [6, 6.07) is 10.5. The first-order valence-electron chi connectivity index (χ1n) is 6.50. The molecule has 1 N–H and O–H groups in total. The van der Waals surface area contributed by atoms with Gasteiger partial charge in [0.05, 0.1) is 7.11 Å². The van der Waals surface area contributed by atoms with Crippen molar-refractivity contribution in [2.45, 2.75) is 26.4 Å². The predicted molar refractivity (Wildman–Crippen MR) is 77.5 cm³/mol. The van der Waals surface area contributed by atoms with Gasteiger partial charge >= 0.3 is 0 Å². The van der Waals surface area contributed by atoms with Crippen molar-refractivity contribution in [3.05, 3.63) is 64.5 Å². The number of hydrogen-bond donors (Lipinski definition) is 1. The summed E-state index contributed by atoms with van der Waals surface area (Å²) in [7, 11) is 1.41. The van der Waals surface area contributed by atoms with E-state index >= 15 is 0 Å². The Bertz CT molecular complexity index is 613. The van der Waals surface area contributed by atoms with Crippen LogP contribution in [0.3, 0.4) is 0 Å². The van der Waals surface area contributed by atoms with E-state index in [1.165, 1.54) is 13.2 Å². The predicted octanol–water partition coefficient (Wildman–Crippen LogP) is 3.71. The fourth-order valence-corrected chi connectivity index (χ4v) is 2.46. The van der Waals surface area contributed by atoms with Gasteiger partial charge in [-0.2, -0.15) is 0 Å². The largest absolute Gasteiger partial charge is 0.494 e. The highest BCUT2D eigenvalue weighted by Gasteiger charge is 2.30. The fourth-order valence-electron chi connectivity index (χ4n) is 2.46. The molecule has 0 amide bonds. The molecule has 1 atom stereocenters. The molecule has 2 rings (SSSR count). The average Bonchev–Trinajstić information content (AvgIpc) is 2.37. The number of aliphatic hydroxyl groups is 1. The molecule has 0 fully saturated rings. The van der Waals surface area contributed by atoms with Crippen molar-refractivity contribution in [2.24, 2.45) is 0 Å². The Morgan fingerprint density at radius 2 is 1.70 bits per heavy atom. The highest BCUT2D eigenvalue weighted by atomic mass is 19.1. The lowest BCUT2D eigenvalue weighted by Crippen LogP contribution is -2.24. The lowest BCUT2D eigenvalue weighted by atomic mass is 9.86. The quantitative estimate of drug-likeness (QED) is 0.924. The summed E-state index contributed by atoms with van der Waals surface area (Å²) in [6.45, 7) is 5.50. The van der Waals surface area contributed by atoms with Crippen LogP contribution in [-0.4, -0.2) is 12.2 Å². The zero-order chi connectivity index (χ0) is 14.9. The molecule has 0 aliphatic heterocycles. The zero-order valence-corrected chi connectivity index (χ0v) is 12.2. The molecule has 0 heterocycles. The van der Waals surface area contributed by atoms with Gasteiger partial charge in [0.25, 0.3) is 0 Å². The molecular weight excluding hydrogens is 255 g/mol. The van der Waals surface area contributed by atoms with Crippen LogP contribution in [0.25, 0.3) is 0 Å². The van der Waals surface area contributed by atoms with E-state index < -0.39 is 11.4 Å². The van der Waals surface area contributed by atoms with Crippen molar-refractivity contribution >= 4 is 0 Å². The Morgan fingerprint density at radius 3 is 2.25 bits per heavy atom. The summed E-state index contributed by atoms with van der Waals surface area (Å²) < 4.78 is 19.3. The Labute approximate surface area is 118 Å². The lowest BCUT2D eigenvalue weighted by Gasteiger charge is -2.26. The minimum absolute atomic E-state index is 0.132. The molecule has 0 aromatic heterocycles. The van der Waals surface area contributed by atoms with Crippen LogP contribution in [0.15, 0.2) is 36.4 Å². The number of ether oxygens (including phenoxy) is 1. The van der Waals surface area contributed by atoms with Gasteiger partial charge in [-0.3, -0.25) is 0 Å². The van der Waals surface area contributed by atoms with Gasteiger partial charge in [0.15, 0.2) is 11.6 Å². The van der Waals surface area contributed by atoms with Crippen LogP contribution in [-0.2, 0) is 5.60 Å². The number of rotatable bonds is 3. The summed E-state index contributed by atoms with van der Waals surface area (Å²) in [4.78, 5) is 0. The van der Waals surface area contributed by atoms with Crippen LogP contribution in [0, 0.1) is 19.7 Å². The first-order valence-corrected chi connectivity index (χ1v) is 6.50. The maximum atomic E-state index is 14.4. The van der Waals surface area contributed by atoms with Gasteiger partial charge in [-0.25, -0.2) is 4.39 Å². The normalized spacial score (nSPS) is 13.9. The summed E-state index contributed by atoms with van der Waals surface area (Å²) in [5.41, 5.74) is 1.53. The SMILES string of the molecule is COc1cccc(C(C)(O)c2cc(C)cc(C)c2)c1F. The van der Waals surface area contributed by atoms with E-state index in [-0.39, 0.29) is 11.3 Å². The van der Waals surface area contributed by atoms with Crippen LogP contribution in [0.4, 0.5) is 4.39 Å². The molecule has 2 nitrogen and oxygen atoms in total. The fraction of sp³-hybridized carbons (Fsp3) is 0.294. The van der Waals surface area contributed by atoms with Crippen molar-refractivity contribution in [1.29, 1.82) is 0 Å². The third-order valence-corrected chi connectivity index (χ3v) is 3.49. The van der Waals surface area contributed by atoms with E-state index in [0.717, 1.165) is 11.1 Å². The first kappa shape index (κ1) is 14.5. The van der Waals surface area contributed by atoms with Gasteiger partial charge in [0.2, 0.25) is 0 Å². The highest BCUT2D eigenvalue weighted by molar-refractivity contribution is 5.43. The molecular formula is C17H19FO2. The van der Waals surface area contributed by atoms with E-state index in [0.29, 0.717) is 5.56 Å². The number of aryl methyl sites for hydroxylation is 2. The molecule has 0 saturated heterocycles. The second-order valence-corrected chi connectivity index (χ2v) is 5.27. The lowest BCUT2D eigenvalue weighted by molar-refractivity contribution is 0.0971. The zero-order valence-electron chi connectivity index (χ0n) is 12.2. The van der Waals surface area contributed by atoms with Gasteiger partial charge in [0, 0.05) is 5.56 Å². The molecule has 0 bridgehead atoms. The number of methoxy groups -OCH3 is 1. The van der Waals surface area contributed by atoms with Gasteiger partial charge in [-0.05, 0) is 32.4 Å². The third-order valence-electron chi connectivity index (χ3n) is 3.49. The van der Waals surface area contributed by atoms with E-state index in [9.17, 15) is 9.50 Å². The van der Waals surface area contributed by atoms with Crippen molar-refractivity contribution in [3.63, 3.8) is 0 Å². The molecule has 20 heavy (non-hydrogen) atoms. The monoisotopic (exact) mass is 274 g/mol. The molecule has 2 aromatic rings. The molecule has 106 valence electrons. The Kier molecular flexibility index (Phi) is 3.82. The summed E-state index contributed by atoms with van der Waals surface area (Å²) in [5, 5.41) is 10.8. The molecule has 0 radical (unpaired) electrons. The van der Waals surface area contributed by atoms with Crippen molar-refractivity contribution in [1.82, 2.24) is 0 Å². The van der Waals surface area contributed by atoms with Crippen LogP contribution in [0.1, 0.15) is 29.2 Å². The molecule has 0 spiro atoms. The molecule has 3 heteroatoms. The Hall–Kier alpha value is -1.87. The van der Waals surface area contributed by atoms with Gasteiger partial charge in [-0.15, -0.1) is 0 Å². The van der Waals surface area contributed by atoms with Crippen molar-refractivity contribution in [2.75, 3.05) is 7.11 Å². The standard InChI is InChI=1S/C17H19FO2/c1-11-8-12(2)10-13(9-11)17(3,19)14-6-5-7-15(20-4)16(14)18/h5-10,19H,1-4H3. The highest BCUT2D eigenvalue weighted by Crippen LogP contribution is 2.34. The maximum absolute atomic E-state index is 14.4. The maximum Gasteiger partial charge on any atom is 0.171 e. The molecule has 1 unspecified atom stereocenters. The molecule has 0 saturated carbocycles. The van der Waals surface area contributed by atoms with Gasteiger partial charge in [-0.1, -0.05) is 41.5 Å². The number of hydrogen-bond acceptors (Lipinski definition) is 2. The molecule has 0 aliphatic rings. The van der Waals surface area contributed by atoms with Crippen LogP contribution in [0.5, 0.6) is 5.75 Å². The number of halogens is 1. The summed E-state index contributed by atoms with van der Waals surface area (Å²) >= 11 is 0. The van der Waals surface area contributed by atoms with Crippen LogP contribution >= 0.6 is 0 Å². The second-order valence-electron chi connectivity index (χ2n) is 5.27. The minimum Gasteiger partial charge on any atom is -0.494 e. The van der Waals surface area contributed by atoms with E-state index in [1.807, 2.05) is 32.0 Å². The van der Waals surface area contributed by atoms with E-state index in [2.05, 4.69) is 0 Å². The topological polar surface area (TPSA) is 29.5 Å². The summed E-state index contributed by atoms with van der Waals surface area (Å²) in [5.74, 6) is -0.397. The van der Waals surface area contributed by atoms with Crippen molar-refractivity contribution in [3.8, 4) is 5.75 Å². The van der Waals surface area contributed by atoms with Crippen LogP contribution in [0.2, 0.25) is 0 Å². The smallest absolute Gasteiger partial charge is 0.171 e. The minimum atomic E-state index is -1.41. The molecule has 0 aliphatic carbocycles. The van der Waals surface area contributed by atoms with Crippen molar-refractivity contribution < 1.29 is 14.2 Å².